The SMILES string of the molecule is O=C(NCCS)c1cc(-c2ccc(C(F)(F)F)cc2)n[nH]1. The Morgan fingerprint density at radius 2 is 1.95 bits per heavy atom. The molecular weight excluding hydrogens is 303 g/mol. The first-order chi connectivity index (χ1) is 9.91. The standard InChI is InChI=1S/C13H12F3N3OS/c14-13(15,16)9-3-1-8(2-4-9)10-7-11(19-18-10)12(20)17-5-6-21/h1-4,7,21H,5-6H2,(H,17,20)(H,18,19). The minimum absolute atomic E-state index is 0.242. The molecule has 0 saturated carbocycles. The Morgan fingerprint density at radius 1 is 1.29 bits per heavy atom. The van der Waals surface area contributed by atoms with Crippen LogP contribution in [0.4, 0.5) is 13.2 Å². The summed E-state index contributed by atoms with van der Waals surface area (Å²) in [4.78, 5) is 11.7. The van der Waals surface area contributed by atoms with Gasteiger partial charge in [-0.15, -0.1) is 0 Å². The molecule has 0 aliphatic rings. The van der Waals surface area contributed by atoms with Gasteiger partial charge in [-0.05, 0) is 18.2 Å². The zero-order valence-electron chi connectivity index (χ0n) is 10.7. The zero-order chi connectivity index (χ0) is 15.5. The third-order valence-electron chi connectivity index (χ3n) is 2.73. The van der Waals surface area contributed by atoms with Crippen LogP contribution < -0.4 is 5.32 Å². The highest BCUT2D eigenvalue weighted by atomic mass is 32.1. The summed E-state index contributed by atoms with van der Waals surface area (Å²) in [5, 5.41) is 9.08. The van der Waals surface area contributed by atoms with Crippen molar-refractivity contribution in [1.29, 1.82) is 0 Å². The molecule has 2 rings (SSSR count). The molecule has 112 valence electrons. The van der Waals surface area contributed by atoms with E-state index in [2.05, 4.69) is 28.1 Å². The molecule has 21 heavy (non-hydrogen) atoms. The third kappa shape index (κ3) is 3.78. The monoisotopic (exact) mass is 315 g/mol. The van der Waals surface area contributed by atoms with Crippen LogP contribution in [0.3, 0.4) is 0 Å². The lowest BCUT2D eigenvalue weighted by molar-refractivity contribution is -0.137. The highest BCUT2D eigenvalue weighted by Gasteiger charge is 2.30. The molecule has 0 aliphatic heterocycles. The summed E-state index contributed by atoms with van der Waals surface area (Å²) < 4.78 is 37.4. The predicted octanol–water partition coefficient (Wildman–Crippen LogP) is 2.76. The number of carbonyl (C=O) groups is 1. The second-order valence-electron chi connectivity index (χ2n) is 4.22. The summed E-state index contributed by atoms with van der Waals surface area (Å²) in [7, 11) is 0. The molecule has 1 heterocycles. The molecule has 0 unspecified atom stereocenters. The van der Waals surface area contributed by atoms with E-state index in [9.17, 15) is 18.0 Å². The Bertz CT molecular complexity index is 622. The smallest absolute Gasteiger partial charge is 0.350 e. The van der Waals surface area contributed by atoms with Crippen LogP contribution in [0.2, 0.25) is 0 Å². The van der Waals surface area contributed by atoms with Crippen molar-refractivity contribution in [1.82, 2.24) is 15.5 Å². The first-order valence-electron chi connectivity index (χ1n) is 6.04. The number of nitrogens with zero attached hydrogens (tertiary/aromatic N) is 1. The van der Waals surface area contributed by atoms with E-state index >= 15 is 0 Å². The van der Waals surface area contributed by atoms with Crippen LogP contribution in [-0.2, 0) is 6.18 Å². The maximum Gasteiger partial charge on any atom is 0.416 e. The number of H-pyrrole nitrogens is 1. The molecule has 8 heteroatoms. The van der Waals surface area contributed by atoms with Crippen molar-refractivity contribution in [2.75, 3.05) is 12.3 Å². The van der Waals surface area contributed by atoms with Crippen molar-refractivity contribution < 1.29 is 18.0 Å². The fourth-order valence-corrected chi connectivity index (χ4v) is 1.79. The topological polar surface area (TPSA) is 57.8 Å². The van der Waals surface area contributed by atoms with Crippen LogP contribution in [0.15, 0.2) is 30.3 Å². The van der Waals surface area contributed by atoms with Crippen molar-refractivity contribution >= 4 is 18.5 Å². The fourth-order valence-electron chi connectivity index (χ4n) is 1.68. The molecule has 0 saturated heterocycles. The Morgan fingerprint density at radius 3 is 2.52 bits per heavy atom. The number of nitrogens with one attached hydrogen (secondary N) is 2. The van der Waals surface area contributed by atoms with E-state index in [1.165, 1.54) is 18.2 Å². The molecule has 0 radical (unpaired) electrons. The van der Waals surface area contributed by atoms with Crippen LogP contribution in [0, 0.1) is 0 Å². The number of benzene rings is 1. The molecule has 1 amide bonds. The van der Waals surface area contributed by atoms with Crippen LogP contribution in [0.1, 0.15) is 16.1 Å². The number of thiol groups is 1. The summed E-state index contributed by atoms with van der Waals surface area (Å²) in [6, 6.07) is 6.06. The Kier molecular flexibility index (Phi) is 4.56. The van der Waals surface area contributed by atoms with Gasteiger partial charge in [0.2, 0.25) is 0 Å². The van der Waals surface area contributed by atoms with Gasteiger partial charge in [-0.2, -0.15) is 30.9 Å². The molecule has 1 aromatic heterocycles. The third-order valence-corrected chi connectivity index (χ3v) is 2.95. The molecule has 0 spiro atoms. The van der Waals surface area contributed by atoms with Crippen LogP contribution in [0.5, 0.6) is 0 Å². The minimum atomic E-state index is -4.37. The second-order valence-corrected chi connectivity index (χ2v) is 4.67. The number of hydrogen-bond acceptors (Lipinski definition) is 3. The van der Waals surface area contributed by atoms with E-state index < -0.39 is 11.7 Å². The van der Waals surface area contributed by atoms with Crippen molar-refractivity contribution in [3.63, 3.8) is 0 Å². The molecule has 0 atom stereocenters. The van der Waals surface area contributed by atoms with Gasteiger partial charge < -0.3 is 5.32 Å². The van der Waals surface area contributed by atoms with Gasteiger partial charge in [-0.3, -0.25) is 9.89 Å². The molecule has 0 aliphatic carbocycles. The number of halogens is 3. The maximum absolute atomic E-state index is 12.5. The van der Waals surface area contributed by atoms with Gasteiger partial charge in [-0.25, -0.2) is 0 Å². The van der Waals surface area contributed by atoms with Crippen molar-refractivity contribution in [2.24, 2.45) is 0 Å². The van der Waals surface area contributed by atoms with Gasteiger partial charge in [0.1, 0.15) is 5.69 Å². The van der Waals surface area contributed by atoms with Crippen molar-refractivity contribution in [2.45, 2.75) is 6.18 Å². The molecule has 2 aromatic rings. The number of carbonyl (C=O) groups excluding carboxylic acids is 1. The van der Waals surface area contributed by atoms with Gasteiger partial charge in [0, 0.05) is 17.9 Å². The number of hydrogen-bond donors (Lipinski definition) is 3. The number of rotatable bonds is 4. The maximum atomic E-state index is 12.5. The van der Waals surface area contributed by atoms with Gasteiger partial charge >= 0.3 is 6.18 Å². The molecular formula is C13H12F3N3OS. The second kappa shape index (κ2) is 6.21. The quantitative estimate of drug-likeness (QED) is 0.760. The largest absolute Gasteiger partial charge is 0.416 e. The first kappa shape index (κ1) is 15.4. The lowest BCUT2D eigenvalue weighted by Gasteiger charge is -2.06. The summed E-state index contributed by atoms with van der Waals surface area (Å²) in [6.07, 6.45) is -4.37. The van der Waals surface area contributed by atoms with Crippen molar-refractivity contribution in [3.05, 3.63) is 41.6 Å². The van der Waals surface area contributed by atoms with E-state index in [1.54, 1.807) is 0 Å². The molecule has 0 bridgehead atoms. The lowest BCUT2D eigenvalue weighted by Crippen LogP contribution is -2.25. The number of aromatic nitrogens is 2. The summed E-state index contributed by atoms with van der Waals surface area (Å²) in [5.41, 5.74) is 0.410. The normalized spacial score (nSPS) is 11.4. The summed E-state index contributed by atoms with van der Waals surface area (Å²) in [5.74, 6) is 0.167. The molecule has 2 N–H and O–H groups in total. The minimum Gasteiger partial charge on any atom is -0.350 e. The first-order valence-corrected chi connectivity index (χ1v) is 6.67. The van der Waals surface area contributed by atoms with Gasteiger partial charge in [0.15, 0.2) is 0 Å². The fraction of sp³-hybridized carbons (Fsp3) is 0.231. The van der Waals surface area contributed by atoms with Crippen LogP contribution in [0.25, 0.3) is 11.3 Å². The molecule has 4 nitrogen and oxygen atoms in total. The summed E-state index contributed by atoms with van der Waals surface area (Å²) in [6.45, 7) is 0.413. The Labute approximate surface area is 124 Å². The van der Waals surface area contributed by atoms with E-state index in [0.717, 1.165) is 12.1 Å². The zero-order valence-corrected chi connectivity index (χ0v) is 11.6. The van der Waals surface area contributed by atoms with Gasteiger partial charge in [0.05, 0.1) is 11.3 Å². The number of aromatic amines is 1. The van der Waals surface area contributed by atoms with E-state index in [1.807, 2.05) is 0 Å². The van der Waals surface area contributed by atoms with Gasteiger partial charge in [-0.1, -0.05) is 12.1 Å². The molecule has 0 fully saturated rings. The number of amides is 1. The van der Waals surface area contributed by atoms with Crippen LogP contribution in [-0.4, -0.2) is 28.4 Å². The highest BCUT2D eigenvalue weighted by Crippen LogP contribution is 2.30. The molecule has 1 aromatic carbocycles. The number of alkyl halides is 3. The van der Waals surface area contributed by atoms with Crippen LogP contribution >= 0.6 is 12.6 Å². The van der Waals surface area contributed by atoms with E-state index in [4.69, 9.17) is 0 Å². The average molecular weight is 315 g/mol. The van der Waals surface area contributed by atoms with Gasteiger partial charge in [0.25, 0.3) is 5.91 Å². The highest BCUT2D eigenvalue weighted by molar-refractivity contribution is 7.80. The Balaban J connectivity index is 2.16. The average Bonchev–Trinajstić information content (AvgIpc) is 2.94. The summed E-state index contributed by atoms with van der Waals surface area (Å²) >= 11 is 3.97. The van der Waals surface area contributed by atoms with E-state index in [-0.39, 0.29) is 11.6 Å². The Hall–Kier alpha value is -1.96. The van der Waals surface area contributed by atoms with E-state index in [0.29, 0.717) is 23.6 Å². The van der Waals surface area contributed by atoms with Crippen molar-refractivity contribution in [3.8, 4) is 11.3 Å². The lowest BCUT2D eigenvalue weighted by atomic mass is 10.1. The predicted molar refractivity (Wildman–Crippen MR) is 75.2 cm³/mol.